The summed E-state index contributed by atoms with van der Waals surface area (Å²) in [4.78, 5) is 24.8. The number of aromatic nitrogens is 2. The van der Waals surface area contributed by atoms with Crippen LogP contribution >= 0.6 is 0 Å². The van der Waals surface area contributed by atoms with Crippen LogP contribution in [0.3, 0.4) is 0 Å². The van der Waals surface area contributed by atoms with Gasteiger partial charge in [0.1, 0.15) is 6.04 Å². The van der Waals surface area contributed by atoms with E-state index >= 15 is 0 Å². The number of carboxylic acids is 1. The molecule has 0 saturated carbocycles. The molecular formula is C12H18N4O3. The Kier molecular flexibility index (Phi) is 3.57. The number of hydrogen-bond acceptors (Lipinski definition) is 4. The van der Waals surface area contributed by atoms with E-state index in [4.69, 9.17) is 10.8 Å². The highest BCUT2D eigenvalue weighted by molar-refractivity contribution is 5.84. The number of nitrogens with two attached hydrogens (primary N) is 1. The number of carbonyl (C=O) groups is 2. The zero-order valence-electron chi connectivity index (χ0n) is 11.0. The monoisotopic (exact) mass is 266 g/mol. The molecule has 1 aromatic heterocycles. The van der Waals surface area contributed by atoms with Crippen molar-refractivity contribution >= 4 is 11.9 Å². The molecule has 2 heterocycles. The standard InChI is InChI=1S/C12H18N4O3/c1-7-4-16(6-9(7)12(18)19)11(17)10(13)8-3-14-15(2)5-8/h3,5,7,9-10H,4,6,13H2,1-2H3,(H,18,19). The molecule has 0 spiro atoms. The number of hydrogen-bond donors (Lipinski definition) is 2. The van der Waals surface area contributed by atoms with Crippen molar-refractivity contribution in [2.45, 2.75) is 13.0 Å². The van der Waals surface area contributed by atoms with Crippen LogP contribution in [0.2, 0.25) is 0 Å². The molecule has 1 fully saturated rings. The van der Waals surface area contributed by atoms with Crippen LogP contribution in [0.15, 0.2) is 12.4 Å². The van der Waals surface area contributed by atoms with Gasteiger partial charge in [0.05, 0.1) is 12.1 Å². The second-order valence-corrected chi connectivity index (χ2v) is 5.09. The summed E-state index contributed by atoms with van der Waals surface area (Å²) < 4.78 is 1.58. The molecule has 1 saturated heterocycles. The summed E-state index contributed by atoms with van der Waals surface area (Å²) >= 11 is 0. The molecule has 19 heavy (non-hydrogen) atoms. The Morgan fingerprint density at radius 1 is 1.53 bits per heavy atom. The van der Waals surface area contributed by atoms with Gasteiger partial charge in [-0.1, -0.05) is 6.92 Å². The maximum atomic E-state index is 12.2. The molecule has 0 aliphatic carbocycles. The Morgan fingerprint density at radius 3 is 2.68 bits per heavy atom. The summed E-state index contributed by atoms with van der Waals surface area (Å²) in [5.74, 6) is -1.67. The molecule has 104 valence electrons. The van der Waals surface area contributed by atoms with Gasteiger partial charge in [0, 0.05) is 31.9 Å². The lowest BCUT2D eigenvalue weighted by molar-refractivity contribution is -0.142. The zero-order chi connectivity index (χ0) is 14.2. The van der Waals surface area contributed by atoms with Crippen LogP contribution in [0.5, 0.6) is 0 Å². The van der Waals surface area contributed by atoms with Gasteiger partial charge in [-0.25, -0.2) is 0 Å². The highest BCUT2D eigenvalue weighted by Gasteiger charge is 2.38. The van der Waals surface area contributed by atoms with Crippen molar-refractivity contribution in [1.82, 2.24) is 14.7 Å². The number of likely N-dealkylation sites (tertiary alicyclic amines) is 1. The van der Waals surface area contributed by atoms with Crippen LogP contribution in [-0.4, -0.2) is 44.8 Å². The lowest BCUT2D eigenvalue weighted by Crippen LogP contribution is -2.37. The smallest absolute Gasteiger partial charge is 0.308 e. The van der Waals surface area contributed by atoms with E-state index in [1.807, 2.05) is 6.92 Å². The van der Waals surface area contributed by atoms with Gasteiger partial charge in [0.2, 0.25) is 5.91 Å². The fourth-order valence-electron chi connectivity index (χ4n) is 2.41. The normalized spacial score (nSPS) is 24.5. The molecule has 0 radical (unpaired) electrons. The van der Waals surface area contributed by atoms with Gasteiger partial charge in [-0.05, 0) is 5.92 Å². The average molecular weight is 266 g/mol. The van der Waals surface area contributed by atoms with Crippen molar-refractivity contribution in [3.8, 4) is 0 Å². The largest absolute Gasteiger partial charge is 0.481 e. The van der Waals surface area contributed by atoms with E-state index in [0.29, 0.717) is 12.1 Å². The topological polar surface area (TPSA) is 101 Å². The third-order valence-corrected chi connectivity index (χ3v) is 3.59. The van der Waals surface area contributed by atoms with Crippen molar-refractivity contribution < 1.29 is 14.7 Å². The summed E-state index contributed by atoms with van der Waals surface area (Å²) in [6.07, 6.45) is 3.24. The summed E-state index contributed by atoms with van der Waals surface area (Å²) in [6.45, 7) is 2.49. The Morgan fingerprint density at radius 2 is 2.21 bits per heavy atom. The fraction of sp³-hybridized carbons (Fsp3) is 0.583. The number of amides is 1. The third kappa shape index (κ3) is 2.60. The second-order valence-electron chi connectivity index (χ2n) is 5.09. The number of aliphatic carboxylic acids is 1. The second kappa shape index (κ2) is 5.00. The molecule has 1 aliphatic heterocycles. The quantitative estimate of drug-likeness (QED) is 0.775. The summed E-state index contributed by atoms with van der Waals surface area (Å²) in [5, 5.41) is 13.0. The van der Waals surface area contributed by atoms with Gasteiger partial charge >= 0.3 is 5.97 Å². The van der Waals surface area contributed by atoms with E-state index in [2.05, 4.69) is 5.10 Å². The first-order valence-corrected chi connectivity index (χ1v) is 6.16. The van der Waals surface area contributed by atoms with Crippen molar-refractivity contribution in [3.05, 3.63) is 18.0 Å². The minimum Gasteiger partial charge on any atom is -0.481 e. The molecule has 1 amide bonds. The maximum Gasteiger partial charge on any atom is 0.308 e. The van der Waals surface area contributed by atoms with Crippen LogP contribution in [-0.2, 0) is 16.6 Å². The van der Waals surface area contributed by atoms with E-state index in [-0.39, 0.29) is 18.4 Å². The number of aryl methyl sites for hydroxylation is 1. The van der Waals surface area contributed by atoms with Crippen molar-refractivity contribution in [1.29, 1.82) is 0 Å². The fourth-order valence-corrected chi connectivity index (χ4v) is 2.41. The van der Waals surface area contributed by atoms with Crippen LogP contribution in [0.1, 0.15) is 18.5 Å². The number of rotatable bonds is 3. The van der Waals surface area contributed by atoms with Gasteiger partial charge in [-0.3, -0.25) is 14.3 Å². The molecule has 3 N–H and O–H groups in total. The van der Waals surface area contributed by atoms with Gasteiger partial charge in [0.15, 0.2) is 0 Å². The lowest BCUT2D eigenvalue weighted by Gasteiger charge is -2.19. The van der Waals surface area contributed by atoms with Gasteiger partial charge in [-0.15, -0.1) is 0 Å². The van der Waals surface area contributed by atoms with E-state index in [1.165, 1.54) is 4.90 Å². The molecule has 1 aliphatic rings. The van der Waals surface area contributed by atoms with E-state index in [0.717, 1.165) is 0 Å². The molecule has 1 aromatic rings. The lowest BCUT2D eigenvalue weighted by atomic mass is 9.99. The van der Waals surface area contributed by atoms with Gasteiger partial charge in [-0.2, -0.15) is 5.10 Å². The minimum absolute atomic E-state index is 0.0532. The molecule has 0 bridgehead atoms. The number of nitrogens with zero attached hydrogens (tertiary/aromatic N) is 3. The molecule has 0 aromatic carbocycles. The van der Waals surface area contributed by atoms with Crippen LogP contribution < -0.4 is 5.73 Å². The average Bonchev–Trinajstić information content (AvgIpc) is 2.93. The van der Waals surface area contributed by atoms with Gasteiger partial charge in [0.25, 0.3) is 0 Å². The SMILES string of the molecule is CC1CN(C(=O)C(N)c2cnn(C)c2)CC1C(=O)O. The Balaban J connectivity index is 2.07. The Hall–Kier alpha value is -1.89. The van der Waals surface area contributed by atoms with Crippen molar-refractivity contribution in [2.24, 2.45) is 24.6 Å². The van der Waals surface area contributed by atoms with Crippen molar-refractivity contribution in [3.63, 3.8) is 0 Å². The highest BCUT2D eigenvalue weighted by Crippen LogP contribution is 2.25. The first kappa shape index (κ1) is 13.5. The molecule has 3 unspecified atom stereocenters. The van der Waals surface area contributed by atoms with Crippen LogP contribution in [0.4, 0.5) is 0 Å². The Labute approximate surface area is 111 Å². The highest BCUT2D eigenvalue weighted by atomic mass is 16.4. The van der Waals surface area contributed by atoms with Crippen LogP contribution in [0.25, 0.3) is 0 Å². The molecule has 2 rings (SSSR count). The van der Waals surface area contributed by atoms with E-state index in [1.54, 1.807) is 24.1 Å². The molecule has 7 nitrogen and oxygen atoms in total. The molecule has 7 heteroatoms. The summed E-state index contributed by atoms with van der Waals surface area (Å²) in [7, 11) is 1.75. The first-order valence-electron chi connectivity index (χ1n) is 6.16. The summed E-state index contributed by atoms with van der Waals surface area (Å²) in [6, 6.07) is -0.784. The third-order valence-electron chi connectivity index (χ3n) is 3.59. The summed E-state index contributed by atoms with van der Waals surface area (Å²) in [5.41, 5.74) is 6.54. The first-order chi connectivity index (χ1) is 8.90. The minimum atomic E-state index is -0.863. The molecular weight excluding hydrogens is 248 g/mol. The maximum absolute atomic E-state index is 12.2. The number of carboxylic acid groups (broad SMARTS) is 1. The van der Waals surface area contributed by atoms with Crippen LogP contribution in [0, 0.1) is 11.8 Å². The predicted molar refractivity (Wildman–Crippen MR) is 67.0 cm³/mol. The predicted octanol–water partition coefficient (Wildman–Crippen LogP) is -0.401. The Bertz CT molecular complexity index is 499. The van der Waals surface area contributed by atoms with E-state index < -0.39 is 17.9 Å². The van der Waals surface area contributed by atoms with Gasteiger partial charge < -0.3 is 15.7 Å². The van der Waals surface area contributed by atoms with Crippen molar-refractivity contribution in [2.75, 3.05) is 13.1 Å². The zero-order valence-corrected chi connectivity index (χ0v) is 11.0. The van der Waals surface area contributed by atoms with E-state index in [9.17, 15) is 9.59 Å². The number of carbonyl (C=O) groups excluding carboxylic acids is 1. The molecule has 3 atom stereocenters.